The quantitative estimate of drug-likeness (QED) is 0.744. The van der Waals surface area contributed by atoms with Gasteiger partial charge in [-0.05, 0) is 37.1 Å². The number of nitrogens with zero attached hydrogens (tertiary/aromatic N) is 1. The number of hydrogen-bond acceptors (Lipinski definition) is 3. The second-order valence-corrected chi connectivity index (χ2v) is 3.10. The smallest absolute Gasteiger partial charge is 0.0949 e. The van der Waals surface area contributed by atoms with Crippen molar-refractivity contribution in [3.8, 4) is 0 Å². The highest BCUT2D eigenvalue weighted by molar-refractivity contribution is 5.68. The second kappa shape index (κ2) is 5.34. The van der Waals surface area contributed by atoms with Gasteiger partial charge < -0.3 is 0 Å². The van der Waals surface area contributed by atoms with Gasteiger partial charge in [0.1, 0.15) is 0 Å². The first-order valence-electron chi connectivity index (χ1n) is 4.76. The molecule has 0 spiro atoms. The lowest BCUT2D eigenvalue weighted by Crippen LogP contribution is -2.10. The Bertz CT molecular complexity index is 381. The van der Waals surface area contributed by atoms with Gasteiger partial charge in [-0.3, -0.25) is 10.4 Å². The molecule has 0 fully saturated rings. The van der Waals surface area contributed by atoms with E-state index in [1.54, 1.807) is 12.1 Å². The van der Waals surface area contributed by atoms with Gasteiger partial charge in [-0.2, -0.15) is 0 Å². The Morgan fingerprint density at radius 1 is 1.00 bits per heavy atom. The fourth-order valence-electron chi connectivity index (χ4n) is 1.34. The summed E-state index contributed by atoms with van der Waals surface area (Å²) in [6.07, 6.45) is 7.74. The normalized spacial score (nSPS) is 11.5. The van der Waals surface area contributed by atoms with Crippen molar-refractivity contribution in [3.63, 3.8) is 0 Å². The zero-order valence-corrected chi connectivity index (χ0v) is 8.88. The lowest BCUT2D eigenvalue weighted by Gasteiger charge is -2.10. The first kappa shape index (κ1) is 11.5. The molecule has 1 aromatic carbocycles. The van der Waals surface area contributed by atoms with Crippen LogP contribution < -0.4 is 5.23 Å². The van der Waals surface area contributed by atoms with Gasteiger partial charge in [0, 0.05) is 0 Å². The molecule has 2 N–H and O–H groups in total. The molecule has 0 saturated heterocycles. The molecule has 0 aliphatic heterocycles. The molecule has 80 valence electrons. The van der Waals surface area contributed by atoms with E-state index in [0.717, 1.165) is 11.1 Å². The number of hydrogen-bond donors (Lipinski definition) is 2. The van der Waals surface area contributed by atoms with E-state index >= 15 is 0 Å². The molecule has 3 nitrogen and oxygen atoms in total. The van der Waals surface area contributed by atoms with Crippen LogP contribution >= 0.6 is 0 Å². The number of rotatable bonds is 3. The van der Waals surface area contributed by atoms with Crippen LogP contribution in [0.2, 0.25) is 0 Å². The summed E-state index contributed by atoms with van der Waals surface area (Å²) in [5, 5.41) is 17.9. The van der Waals surface area contributed by atoms with Crippen LogP contribution in [0.25, 0.3) is 12.2 Å². The van der Waals surface area contributed by atoms with Gasteiger partial charge in [-0.25, -0.2) is 0 Å². The van der Waals surface area contributed by atoms with Gasteiger partial charge in [0.2, 0.25) is 0 Å². The fourth-order valence-corrected chi connectivity index (χ4v) is 1.34. The summed E-state index contributed by atoms with van der Waals surface area (Å²) in [7, 11) is 0. The van der Waals surface area contributed by atoms with Gasteiger partial charge in [-0.1, -0.05) is 30.4 Å². The SMILES string of the molecule is CC=Cc1ccc(N(O)O)cc1C=CC. The molecule has 0 unspecified atom stereocenters. The molecule has 0 saturated carbocycles. The van der Waals surface area contributed by atoms with Crippen LogP contribution in [0.3, 0.4) is 0 Å². The maximum Gasteiger partial charge on any atom is 0.0949 e. The molecule has 0 aliphatic carbocycles. The number of benzene rings is 1. The molecule has 0 atom stereocenters. The Balaban J connectivity index is 3.20. The molecule has 15 heavy (non-hydrogen) atoms. The van der Waals surface area contributed by atoms with Crippen molar-refractivity contribution in [1.29, 1.82) is 0 Å². The average Bonchev–Trinajstić information content (AvgIpc) is 2.21. The van der Waals surface area contributed by atoms with Crippen LogP contribution in [0.5, 0.6) is 0 Å². The fraction of sp³-hybridized carbons (Fsp3) is 0.167. The number of allylic oxidation sites excluding steroid dienone is 2. The minimum absolute atomic E-state index is 0.117. The first-order chi connectivity index (χ1) is 7.19. The van der Waals surface area contributed by atoms with Crippen molar-refractivity contribution in [2.45, 2.75) is 13.8 Å². The third kappa shape index (κ3) is 2.94. The van der Waals surface area contributed by atoms with Crippen LogP contribution in [0.1, 0.15) is 25.0 Å². The maximum atomic E-state index is 8.88. The lowest BCUT2D eigenvalue weighted by molar-refractivity contribution is 0.0291. The molecular weight excluding hydrogens is 190 g/mol. The Kier molecular flexibility index (Phi) is 4.09. The molecule has 0 bridgehead atoms. The monoisotopic (exact) mass is 205 g/mol. The van der Waals surface area contributed by atoms with E-state index in [1.165, 1.54) is 0 Å². The highest BCUT2D eigenvalue weighted by Gasteiger charge is 2.02. The van der Waals surface area contributed by atoms with Crippen molar-refractivity contribution in [3.05, 3.63) is 41.5 Å². The molecule has 0 amide bonds. The molecule has 0 aromatic heterocycles. The van der Waals surface area contributed by atoms with E-state index in [4.69, 9.17) is 10.4 Å². The predicted octanol–water partition coefficient (Wildman–Crippen LogP) is 3.34. The summed E-state index contributed by atoms with van der Waals surface area (Å²) < 4.78 is 0. The lowest BCUT2D eigenvalue weighted by atomic mass is 10.1. The Hall–Kier alpha value is -1.58. The average molecular weight is 205 g/mol. The summed E-state index contributed by atoms with van der Waals surface area (Å²) in [5.74, 6) is 0. The zero-order chi connectivity index (χ0) is 11.3. The van der Waals surface area contributed by atoms with E-state index in [-0.39, 0.29) is 5.23 Å². The number of anilines is 1. The van der Waals surface area contributed by atoms with Gasteiger partial charge in [-0.15, -0.1) is 5.23 Å². The van der Waals surface area contributed by atoms with Crippen molar-refractivity contribution < 1.29 is 10.4 Å². The zero-order valence-electron chi connectivity index (χ0n) is 8.88. The van der Waals surface area contributed by atoms with Gasteiger partial charge >= 0.3 is 0 Å². The summed E-state index contributed by atoms with van der Waals surface area (Å²) in [6, 6.07) is 5.18. The molecule has 0 radical (unpaired) electrons. The molecule has 1 aromatic rings. The van der Waals surface area contributed by atoms with Crippen LogP contribution in [0, 0.1) is 0 Å². The Morgan fingerprint density at radius 3 is 2.13 bits per heavy atom. The van der Waals surface area contributed by atoms with Gasteiger partial charge in [0.15, 0.2) is 0 Å². The van der Waals surface area contributed by atoms with Crippen LogP contribution in [-0.4, -0.2) is 10.4 Å². The summed E-state index contributed by atoms with van der Waals surface area (Å²) in [4.78, 5) is 0. The van der Waals surface area contributed by atoms with E-state index in [2.05, 4.69) is 0 Å². The maximum absolute atomic E-state index is 8.88. The highest BCUT2D eigenvalue weighted by atomic mass is 16.8. The van der Waals surface area contributed by atoms with Gasteiger partial charge in [0.25, 0.3) is 0 Å². The van der Waals surface area contributed by atoms with E-state index < -0.39 is 0 Å². The van der Waals surface area contributed by atoms with Crippen LogP contribution in [-0.2, 0) is 0 Å². The van der Waals surface area contributed by atoms with Crippen LogP contribution in [0.15, 0.2) is 30.4 Å². The van der Waals surface area contributed by atoms with Crippen molar-refractivity contribution in [2.24, 2.45) is 0 Å². The summed E-state index contributed by atoms with van der Waals surface area (Å²) in [6.45, 7) is 3.86. The highest BCUT2D eigenvalue weighted by Crippen LogP contribution is 2.20. The van der Waals surface area contributed by atoms with E-state index in [1.807, 2.05) is 44.2 Å². The topological polar surface area (TPSA) is 43.7 Å². The molecule has 0 aliphatic rings. The van der Waals surface area contributed by atoms with E-state index in [0.29, 0.717) is 5.69 Å². The molecule has 3 heteroatoms. The van der Waals surface area contributed by atoms with Crippen molar-refractivity contribution in [1.82, 2.24) is 0 Å². The summed E-state index contributed by atoms with van der Waals surface area (Å²) in [5.41, 5.74) is 2.33. The van der Waals surface area contributed by atoms with Crippen molar-refractivity contribution in [2.75, 3.05) is 5.23 Å². The molecule has 1 rings (SSSR count). The standard InChI is InChI=1S/C12H15NO2/c1-3-5-10-7-8-12(13(14)15)9-11(10)6-4-2/h3-9,14-15H,1-2H3. The largest absolute Gasteiger partial charge is 0.264 e. The second-order valence-electron chi connectivity index (χ2n) is 3.10. The van der Waals surface area contributed by atoms with Crippen molar-refractivity contribution >= 4 is 17.8 Å². The third-order valence-electron chi connectivity index (χ3n) is 1.99. The van der Waals surface area contributed by atoms with E-state index in [9.17, 15) is 0 Å². The molecule has 0 heterocycles. The molecular formula is C12H15NO2. The summed E-state index contributed by atoms with van der Waals surface area (Å²) >= 11 is 0. The minimum atomic E-state index is 0.117. The third-order valence-corrected chi connectivity index (χ3v) is 1.99. The predicted molar refractivity (Wildman–Crippen MR) is 61.9 cm³/mol. The minimum Gasteiger partial charge on any atom is -0.264 e. The van der Waals surface area contributed by atoms with Gasteiger partial charge in [0.05, 0.1) is 5.69 Å². The van der Waals surface area contributed by atoms with Crippen LogP contribution in [0.4, 0.5) is 5.69 Å². The Morgan fingerprint density at radius 2 is 1.60 bits per heavy atom. The first-order valence-corrected chi connectivity index (χ1v) is 4.76. The Labute approximate surface area is 89.5 Å².